The minimum Gasteiger partial charge on any atom is -0.496 e. The van der Waals surface area contributed by atoms with Gasteiger partial charge in [0.1, 0.15) is 5.75 Å². The zero-order valence-corrected chi connectivity index (χ0v) is 17.0. The van der Waals surface area contributed by atoms with Crippen molar-refractivity contribution in [3.05, 3.63) is 52.5 Å². The van der Waals surface area contributed by atoms with Crippen LogP contribution in [0.15, 0.2) is 46.9 Å². The number of nitrogens with one attached hydrogen (secondary N) is 2. The molecule has 6 nitrogen and oxygen atoms in total. The van der Waals surface area contributed by atoms with E-state index in [-0.39, 0.29) is 11.8 Å². The van der Waals surface area contributed by atoms with Crippen LogP contribution in [-0.2, 0) is 9.59 Å². The number of rotatable bonds is 5. The number of carbonyl (C=O) groups excluding carboxylic acids is 2. The van der Waals surface area contributed by atoms with Crippen LogP contribution in [0.3, 0.4) is 0 Å². The van der Waals surface area contributed by atoms with Gasteiger partial charge in [-0.3, -0.25) is 14.9 Å². The number of carbonyl (C=O) groups is 2. The quantitative estimate of drug-likeness (QED) is 0.558. The third kappa shape index (κ3) is 4.93. The Kier molecular flexibility index (Phi) is 5.88. The van der Waals surface area contributed by atoms with E-state index in [2.05, 4.69) is 31.5 Å². The highest BCUT2D eigenvalue weighted by Gasteiger charge is 2.08. The van der Waals surface area contributed by atoms with E-state index in [0.717, 1.165) is 20.3 Å². The monoisotopic (exact) mass is 445 g/mol. The number of benzene rings is 2. The van der Waals surface area contributed by atoms with Crippen molar-refractivity contribution in [2.75, 3.05) is 17.7 Å². The van der Waals surface area contributed by atoms with E-state index in [4.69, 9.17) is 4.74 Å². The lowest BCUT2D eigenvalue weighted by atomic mass is 10.2. The summed E-state index contributed by atoms with van der Waals surface area (Å²) in [7, 11) is 1.58. The van der Waals surface area contributed by atoms with E-state index in [1.165, 1.54) is 24.3 Å². The number of halogens is 1. The van der Waals surface area contributed by atoms with Gasteiger partial charge in [-0.1, -0.05) is 27.3 Å². The Hall–Kier alpha value is -2.71. The van der Waals surface area contributed by atoms with Crippen molar-refractivity contribution in [3.8, 4) is 5.75 Å². The highest BCUT2D eigenvalue weighted by Crippen LogP contribution is 2.29. The summed E-state index contributed by atoms with van der Waals surface area (Å²) < 4.78 is 7.05. The van der Waals surface area contributed by atoms with Gasteiger partial charge in [0.15, 0.2) is 5.13 Å². The number of methoxy groups -OCH3 is 1. The lowest BCUT2D eigenvalue weighted by Gasteiger charge is -2.04. The van der Waals surface area contributed by atoms with Crippen LogP contribution in [0, 0.1) is 0 Å². The molecule has 0 saturated heterocycles. The predicted octanol–water partition coefficient (Wildman–Crippen LogP) is 4.68. The fraction of sp³-hybridized carbons (Fsp3) is 0.105. The molecule has 2 N–H and O–H groups in total. The van der Waals surface area contributed by atoms with E-state index >= 15 is 0 Å². The van der Waals surface area contributed by atoms with Crippen molar-refractivity contribution in [3.63, 3.8) is 0 Å². The molecule has 0 spiro atoms. The lowest BCUT2D eigenvalue weighted by molar-refractivity contribution is -0.114. The summed E-state index contributed by atoms with van der Waals surface area (Å²) >= 11 is 4.74. The van der Waals surface area contributed by atoms with Crippen molar-refractivity contribution in [1.82, 2.24) is 4.98 Å². The van der Waals surface area contributed by atoms with E-state index in [1.807, 2.05) is 24.3 Å². The number of hydrogen-bond acceptors (Lipinski definition) is 5. The molecule has 0 saturated carbocycles. The number of hydrogen-bond donors (Lipinski definition) is 2. The first-order valence-electron chi connectivity index (χ1n) is 7.95. The molecule has 27 heavy (non-hydrogen) atoms. The second-order valence-corrected chi connectivity index (χ2v) is 7.54. The van der Waals surface area contributed by atoms with Gasteiger partial charge in [-0.25, -0.2) is 4.98 Å². The predicted molar refractivity (Wildman–Crippen MR) is 112 cm³/mol. The Morgan fingerprint density at radius 3 is 2.74 bits per heavy atom. The number of fused-ring (bicyclic) bond motifs is 1. The topological polar surface area (TPSA) is 80.3 Å². The molecule has 0 aliphatic carbocycles. The summed E-state index contributed by atoms with van der Waals surface area (Å²) in [5.74, 6) is 0.242. The molecule has 2 amide bonds. The largest absolute Gasteiger partial charge is 0.496 e. The van der Waals surface area contributed by atoms with Crippen molar-refractivity contribution in [2.45, 2.75) is 6.92 Å². The zero-order chi connectivity index (χ0) is 19.4. The molecule has 0 bridgehead atoms. The van der Waals surface area contributed by atoms with Gasteiger partial charge >= 0.3 is 0 Å². The van der Waals surface area contributed by atoms with Crippen LogP contribution in [0.1, 0.15) is 12.5 Å². The summed E-state index contributed by atoms with van der Waals surface area (Å²) in [6.07, 6.45) is 3.11. The Morgan fingerprint density at radius 2 is 2.00 bits per heavy atom. The van der Waals surface area contributed by atoms with Crippen molar-refractivity contribution >= 4 is 66.2 Å². The first-order chi connectivity index (χ1) is 12.9. The van der Waals surface area contributed by atoms with Gasteiger partial charge in [0.2, 0.25) is 11.8 Å². The van der Waals surface area contributed by atoms with E-state index in [1.54, 1.807) is 25.3 Å². The van der Waals surface area contributed by atoms with E-state index in [0.29, 0.717) is 16.6 Å². The summed E-state index contributed by atoms with van der Waals surface area (Å²) in [5.41, 5.74) is 2.23. The average Bonchev–Trinajstić information content (AvgIpc) is 3.01. The lowest BCUT2D eigenvalue weighted by Crippen LogP contribution is -2.07. The molecule has 1 aromatic heterocycles. The number of aromatic nitrogens is 1. The van der Waals surface area contributed by atoms with Gasteiger partial charge in [-0.15, -0.1) is 0 Å². The number of amides is 2. The molecule has 0 unspecified atom stereocenters. The minimum atomic E-state index is -0.293. The Balaban J connectivity index is 1.74. The fourth-order valence-electron chi connectivity index (χ4n) is 2.41. The average molecular weight is 446 g/mol. The minimum absolute atomic E-state index is 0.138. The van der Waals surface area contributed by atoms with E-state index in [9.17, 15) is 9.59 Å². The van der Waals surface area contributed by atoms with Crippen molar-refractivity contribution in [1.29, 1.82) is 0 Å². The molecule has 1 heterocycles. The zero-order valence-electron chi connectivity index (χ0n) is 14.6. The van der Waals surface area contributed by atoms with Crippen molar-refractivity contribution in [2.24, 2.45) is 0 Å². The normalized spacial score (nSPS) is 10.9. The third-order valence-corrected chi connectivity index (χ3v) is 4.97. The van der Waals surface area contributed by atoms with Crippen LogP contribution >= 0.6 is 27.3 Å². The first kappa shape index (κ1) is 19.1. The summed E-state index contributed by atoms with van der Waals surface area (Å²) in [4.78, 5) is 27.8. The number of nitrogens with zero attached hydrogens (tertiary/aromatic N) is 1. The highest BCUT2D eigenvalue weighted by molar-refractivity contribution is 9.10. The fourth-order valence-corrected chi connectivity index (χ4v) is 3.69. The molecule has 138 valence electrons. The van der Waals surface area contributed by atoms with Crippen LogP contribution in [0.2, 0.25) is 0 Å². The SMILES string of the molecule is COc1ccc(Br)cc1C=CC(=O)Nc1nc2ccc(NC(C)=O)cc2s1. The molecule has 0 fully saturated rings. The molecule has 8 heteroatoms. The van der Waals surface area contributed by atoms with Gasteiger partial charge < -0.3 is 10.1 Å². The van der Waals surface area contributed by atoms with Gasteiger partial charge in [-0.05, 0) is 42.5 Å². The van der Waals surface area contributed by atoms with Crippen LogP contribution < -0.4 is 15.4 Å². The van der Waals surface area contributed by atoms with Crippen LogP contribution in [0.4, 0.5) is 10.8 Å². The molecule has 0 aliphatic rings. The Morgan fingerprint density at radius 1 is 1.19 bits per heavy atom. The summed E-state index contributed by atoms with van der Waals surface area (Å²) in [6.45, 7) is 1.45. The second kappa shape index (κ2) is 8.32. The van der Waals surface area contributed by atoms with E-state index < -0.39 is 0 Å². The molecule has 0 radical (unpaired) electrons. The van der Waals surface area contributed by atoms with Crippen LogP contribution in [-0.4, -0.2) is 23.9 Å². The molecule has 0 aliphatic heterocycles. The Bertz CT molecular complexity index is 1050. The van der Waals surface area contributed by atoms with Gasteiger partial charge in [0, 0.05) is 28.7 Å². The molecule has 0 atom stereocenters. The molecular formula is C19H16BrN3O3S. The molecule has 3 aromatic rings. The highest BCUT2D eigenvalue weighted by atomic mass is 79.9. The maximum absolute atomic E-state index is 12.2. The smallest absolute Gasteiger partial charge is 0.250 e. The van der Waals surface area contributed by atoms with Crippen LogP contribution in [0.25, 0.3) is 16.3 Å². The number of anilines is 2. The van der Waals surface area contributed by atoms with Gasteiger partial charge in [-0.2, -0.15) is 0 Å². The molecular weight excluding hydrogens is 430 g/mol. The molecule has 3 rings (SSSR count). The summed E-state index contributed by atoms with van der Waals surface area (Å²) in [6, 6.07) is 11.0. The Labute approximate surface area is 168 Å². The standard InChI is InChI=1S/C19H16BrN3O3S/c1-11(24)21-14-5-6-15-17(10-14)27-19(22-15)23-18(25)8-3-12-9-13(20)4-7-16(12)26-2/h3-10H,1-2H3,(H,21,24)(H,22,23,25). The van der Waals surface area contributed by atoms with Crippen LogP contribution in [0.5, 0.6) is 5.75 Å². The third-order valence-electron chi connectivity index (χ3n) is 3.54. The maximum atomic E-state index is 12.2. The number of thiazole rings is 1. The number of ether oxygens (including phenoxy) is 1. The van der Waals surface area contributed by atoms with Gasteiger partial charge in [0.25, 0.3) is 0 Å². The van der Waals surface area contributed by atoms with Crippen molar-refractivity contribution < 1.29 is 14.3 Å². The summed E-state index contributed by atoms with van der Waals surface area (Å²) in [5, 5.41) is 5.97. The molecule has 2 aromatic carbocycles. The maximum Gasteiger partial charge on any atom is 0.250 e. The first-order valence-corrected chi connectivity index (χ1v) is 9.56. The second-order valence-electron chi connectivity index (χ2n) is 5.59. The van der Waals surface area contributed by atoms with Gasteiger partial charge in [0.05, 0.1) is 17.3 Å².